The number of amides is 1. The number of benzene rings is 1. The zero-order chi connectivity index (χ0) is 28.4. The number of fused-ring (bicyclic) bond motifs is 1. The average Bonchev–Trinajstić information content (AvgIpc) is 3.31. The standard InChI is InChI=1S/C32H43F2N5O/c1-5-6-22(4)36-32-35-18-27-28(19-39(30(27)37-32)26-9-7-24(8-10-26)29(33)34)23-11-13-38(14-12-23)31(40)25-16-20(2)15-21(3)17-25/h15-19,22-24,26,29H,5-14H2,1-4H3,(H,35,36,37)/t22-,24?,26?/m0/s1. The fraction of sp³-hybridized carbons (Fsp3) is 0.594. The largest absolute Gasteiger partial charge is 0.352 e. The Balaban J connectivity index is 1.38. The van der Waals surface area contributed by atoms with Crippen molar-refractivity contribution < 1.29 is 13.6 Å². The van der Waals surface area contributed by atoms with Gasteiger partial charge in [-0.1, -0.05) is 30.5 Å². The number of likely N-dealkylation sites (tertiary alicyclic amines) is 1. The predicted octanol–water partition coefficient (Wildman–Crippen LogP) is 7.66. The first-order valence-corrected chi connectivity index (χ1v) is 15.0. The molecular weight excluding hydrogens is 508 g/mol. The second-order valence-electron chi connectivity index (χ2n) is 12.1. The van der Waals surface area contributed by atoms with Crippen LogP contribution in [0.25, 0.3) is 11.0 Å². The number of hydrogen-bond donors (Lipinski definition) is 1. The highest BCUT2D eigenvalue weighted by Gasteiger charge is 2.32. The number of carbonyl (C=O) groups is 1. The lowest BCUT2D eigenvalue weighted by atomic mass is 9.86. The van der Waals surface area contributed by atoms with Crippen LogP contribution in [0, 0.1) is 19.8 Å². The molecule has 0 radical (unpaired) electrons. The summed E-state index contributed by atoms with van der Waals surface area (Å²) in [7, 11) is 0. The van der Waals surface area contributed by atoms with E-state index in [0.717, 1.165) is 66.2 Å². The summed E-state index contributed by atoms with van der Waals surface area (Å²) in [5.41, 5.74) is 5.08. The smallest absolute Gasteiger partial charge is 0.253 e. The fourth-order valence-electron chi connectivity index (χ4n) is 6.76. The summed E-state index contributed by atoms with van der Waals surface area (Å²) in [5.74, 6) is 0.516. The maximum atomic E-state index is 13.4. The SMILES string of the molecule is CCC[C@H](C)Nc1ncc2c(C3CCN(C(=O)c4cc(C)cc(C)c4)CC3)cn(C3CCC(C(F)F)CC3)c2n1. The fourth-order valence-corrected chi connectivity index (χ4v) is 6.76. The van der Waals surface area contributed by atoms with Crippen molar-refractivity contribution in [3.8, 4) is 0 Å². The first kappa shape index (κ1) is 28.5. The molecule has 1 aromatic carbocycles. The molecule has 2 fully saturated rings. The Labute approximate surface area is 236 Å². The lowest BCUT2D eigenvalue weighted by molar-refractivity contribution is 0.0481. The number of aryl methyl sites for hydroxylation is 2. The van der Waals surface area contributed by atoms with E-state index in [2.05, 4.69) is 41.0 Å². The third kappa shape index (κ3) is 6.16. The van der Waals surface area contributed by atoms with Gasteiger partial charge in [0.15, 0.2) is 0 Å². The van der Waals surface area contributed by atoms with Gasteiger partial charge in [-0.2, -0.15) is 4.98 Å². The lowest BCUT2D eigenvalue weighted by Gasteiger charge is -2.32. The second kappa shape index (κ2) is 12.2. The number of anilines is 1. The number of nitrogens with one attached hydrogen (secondary N) is 1. The molecule has 1 N–H and O–H groups in total. The van der Waals surface area contributed by atoms with Crippen LogP contribution in [-0.2, 0) is 0 Å². The molecule has 1 saturated carbocycles. The molecule has 2 aromatic heterocycles. The normalized spacial score (nSPS) is 21.2. The van der Waals surface area contributed by atoms with E-state index >= 15 is 0 Å². The molecule has 1 aliphatic heterocycles. The Morgan fingerprint density at radius 1 is 1.05 bits per heavy atom. The van der Waals surface area contributed by atoms with Crippen LogP contribution in [0.4, 0.5) is 14.7 Å². The van der Waals surface area contributed by atoms with Crippen molar-refractivity contribution in [2.75, 3.05) is 18.4 Å². The van der Waals surface area contributed by atoms with Crippen LogP contribution in [0.2, 0.25) is 0 Å². The van der Waals surface area contributed by atoms with E-state index in [9.17, 15) is 13.6 Å². The van der Waals surface area contributed by atoms with Crippen LogP contribution in [0.5, 0.6) is 0 Å². The third-order valence-electron chi connectivity index (χ3n) is 8.88. The molecule has 2 aliphatic rings. The maximum Gasteiger partial charge on any atom is 0.253 e. The van der Waals surface area contributed by atoms with Gasteiger partial charge in [0.2, 0.25) is 12.4 Å². The minimum absolute atomic E-state index is 0.101. The molecule has 1 aliphatic carbocycles. The highest BCUT2D eigenvalue weighted by atomic mass is 19.3. The molecule has 1 saturated heterocycles. The van der Waals surface area contributed by atoms with Crippen LogP contribution in [0.3, 0.4) is 0 Å². The van der Waals surface area contributed by atoms with Gasteiger partial charge in [0.25, 0.3) is 5.91 Å². The van der Waals surface area contributed by atoms with Crippen molar-refractivity contribution >= 4 is 22.9 Å². The second-order valence-corrected chi connectivity index (χ2v) is 12.1. The van der Waals surface area contributed by atoms with Gasteiger partial charge < -0.3 is 14.8 Å². The molecule has 1 amide bonds. The van der Waals surface area contributed by atoms with Gasteiger partial charge in [-0.15, -0.1) is 0 Å². The molecule has 0 spiro atoms. The molecule has 40 heavy (non-hydrogen) atoms. The molecule has 8 heteroatoms. The Morgan fingerprint density at radius 3 is 2.35 bits per heavy atom. The molecule has 0 bridgehead atoms. The number of piperidine rings is 1. The molecule has 3 heterocycles. The molecule has 3 aromatic rings. The zero-order valence-electron chi connectivity index (χ0n) is 24.3. The zero-order valence-corrected chi connectivity index (χ0v) is 24.3. The van der Waals surface area contributed by atoms with Gasteiger partial charge in [-0.3, -0.25) is 4.79 Å². The van der Waals surface area contributed by atoms with Crippen LogP contribution >= 0.6 is 0 Å². The van der Waals surface area contributed by atoms with Crippen molar-refractivity contribution in [1.29, 1.82) is 0 Å². The average molecular weight is 552 g/mol. The first-order chi connectivity index (χ1) is 19.2. The number of nitrogens with zero attached hydrogens (tertiary/aromatic N) is 4. The van der Waals surface area contributed by atoms with Crippen LogP contribution < -0.4 is 5.32 Å². The van der Waals surface area contributed by atoms with Crippen molar-refractivity contribution in [1.82, 2.24) is 19.4 Å². The van der Waals surface area contributed by atoms with Gasteiger partial charge >= 0.3 is 0 Å². The first-order valence-electron chi connectivity index (χ1n) is 15.0. The summed E-state index contributed by atoms with van der Waals surface area (Å²) in [6.07, 6.45) is 8.33. The van der Waals surface area contributed by atoms with E-state index in [1.807, 2.05) is 37.1 Å². The predicted molar refractivity (Wildman–Crippen MR) is 156 cm³/mol. The summed E-state index contributed by atoms with van der Waals surface area (Å²) in [6.45, 7) is 9.77. The number of carbonyl (C=O) groups excluding carboxylic acids is 1. The quantitative estimate of drug-likeness (QED) is 0.312. The van der Waals surface area contributed by atoms with Gasteiger partial charge in [0.05, 0.1) is 0 Å². The minimum Gasteiger partial charge on any atom is -0.352 e. The Bertz CT molecular complexity index is 1300. The van der Waals surface area contributed by atoms with E-state index in [1.54, 1.807) is 0 Å². The van der Waals surface area contributed by atoms with Gasteiger partial charge in [-0.05, 0) is 89.3 Å². The van der Waals surface area contributed by atoms with Crippen LogP contribution in [-0.4, -0.2) is 50.9 Å². The lowest BCUT2D eigenvalue weighted by Crippen LogP contribution is -2.38. The molecule has 5 rings (SSSR count). The van der Waals surface area contributed by atoms with Crippen molar-refractivity contribution in [3.05, 3.63) is 52.8 Å². The molecule has 6 nitrogen and oxygen atoms in total. The number of alkyl halides is 2. The van der Waals surface area contributed by atoms with Crippen molar-refractivity contribution in [2.45, 2.75) is 103 Å². The molecular formula is C32H43F2N5O. The van der Waals surface area contributed by atoms with E-state index in [0.29, 0.717) is 37.8 Å². The van der Waals surface area contributed by atoms with Crippen LogP contribution in [0.1, 0.15) is 104 Å². The monoisotopic (exact) mass is 551 g/mol. The van der Waals surface area contributed by atoms with Gasteiger partial charge in [-0.25, -0.2) is 13.8 Å². The van der Waals surface area contributed by atoms with E-state index < -0.39 is 12.3 Å². The van der Waals surface area contributed by atoms with Gasteiger partial charge in [0.1, 0.15) is 5.65 Å². The number of aromatic nitrogens is 3. The maximum absolute atomic E-state index is 13.4. The number of halogens is 2. The minimum atomic E-state index is -2.24. The van der Waals surface area contributed by atoms with Gasteiger partial charge in [0, 0.05) is 54.4 Å². The van der Waals surface area contributed by atoms with Crippen molar-refractivity contribution in [2.24, 2.45) is 5.92 Å². The molecule has 0 unspecified atom stereocenters. The summed E-state index contributed by atoms with van der Waals surface area (Å²) >= 11 is 0. The topological polar surface area (TPSA) is 63.1 Å². The Kier molecular flexibility index (Phi) is 8.71. The van der Waals surface area contributed by atoms with E-state index in [4.69, 9.17) is 4.98 Å². The van der Waals surface area contributed by atoms with E-state index in [-0.39, 0.29) is 18.0 Å². The summed E-state index contributed by atoms with van der Waals surface area (Å²) in [5, 5.41) is 4.48. The Morgan fingerprint density at radius 2 is 1.73 bits per heavy atom. The summed E-state index contributed by atoms with van der Waals surface area (Å²) < 4.78 is 29.0. The van der Waals surface area contributed by atoms with Crippen LogP contribution in [0.15, 0.2) is 30.6 Å². The Hall–Kier alpha value is -3.03. The third-order valence-corrected chi connectivity index (χ3v) is 8.88. The molecule has 216 valence electrons. The van der Waals surface area contributed by atoms with Crippen molar-refractivity contribution in [3.63, 3.8) is 0 Å². The molecule has 1 atom stereocenters. The summed E-state index contributed by atoms with van der Waals surface area (Å²) in [4.78, 5) is 24.9. The highest BCUT2D eigenvalue weighted by Crippen LogP contribution is 2.40. The van der Waals surface area contributed by atoms with E-state index in [1.165, 1.54) is 5.56 Å². The number of hydrogen-bond acceptors (Lipinski definition) is 4. The highest BCUT2D eigenvalue weighted by molar-refractivity contribution is 5.94. The summed E-state index contributed by atoms with van der Waals surface area (Å²) in [6, 6.07) is 6.47. The number of rotatable bonds is 8.